The molecule has 0 atom stereocenters. The van der Waals surface area contributed by atoms with Gasteiger partial charge < -0.3 is 19.3 Å². The van der Waals surface area contributed by atoms with Gasteiger partial charge in [0.05, 0.1) is 31.5 Å². The second kappa shape index (κ2) is 11.5. The number of carbonyl (C=O) groups is 1. The fourth-order valence-electron chi connectivity index (χ4n) is 4.85. The van der Waals surface area contributed by atoms with E-state index in [4.69, 9.17) is 31.0 Å². The summed E-state index contributed by atoms with van der Waals surface area (Å²) in [6.07, 6.45) is 3.57. The summed E-state index contributed by atoms with van der Waals surface area (Å²) in [6.45, 7) is 6.72. The highest BCUT2D eigenvalue weighted by Gasteiger charge is 2.29. The highest BCUT2D eigenvalue weighted by Crippen LogP contribution is 2.31. The van der Waals surface area contributed by atoms with E-state index >= 15 is 0 Å². The minimum absolute atomic E-state index is 0.108. The van der Waals surface area contributed by atoms with E-state index in [2.05, 4.69) is 23.8 Å². The van der Waals surface area contributed by atoms with Crippen molar-refractivity contribution < 1.29 is 14.3 Å². The summed E-state index contributed by atoms with van der Waals surface area (Å²) < 4.78 is 12.7. The van der Waals surface area contributed by atoms with Gasteiger partial charge in [0.1, 0.15) is 28.7 Å². The zero-order valence-corrected chi connectivity index (χ0v) is 23.5. The maximum absolute atomic E-state index is 13.5. The molecule has 4 aromatic rings. The lowest BCUT2D eigenvalue weighted by Gasteiger charge is -2.36. The smallest absolute Gasteiger partial charge is 0.261 e. The van der Waals surface area contributed by atoms with Crippen LogP contribution in [0.4, 0.5) is 5.82 Å². The van der Waals surface area contributed by atoms with Crippen molar-refractivity contribution in [3.63, 3.8) is 0 Å². The van der Waals surface area contributed by atoms with Crippen LogP contribution >= 0.6 is 11.6 Å². The highest BCUT2D eigenvalue weighted by atomic mass is 35.5. The number of amides is 1. The summed E-state index contributed by atoms with van der Waals surface area (Å²) in [6, 6.07) is 12.9. The number of benzene rings is 2. The molecular formula is C29H33ClN6O3. The Bertz CT molecular complexity index is 1460. The summed E-state index contributed by atoms with van der Waals surface area (Å²) in [5, 5.41) is 6.16. The summed E-state index contributed by atoms with van der Waals surface area (Å²) in [5.41, 5.74) is 2.04. The Hall–Kier alpha value is -3.85. The number of piperazine rings is 1. The fourth-order valence-corrected chi connectivity index (χ4v) is 5.03. The second-order valence-corrected chi connectivity index (χ2v) is 10.4. The minimum Gasteiger partial charge on any atom is -0.496 e. The summed E-state index contributed by atoms with van der Waals surface area (Å²) in [5.74, 6) is 3.06. The van der Waals surface area contributed by atoms with Gasteiger partial charge in [0.2, 0.25) is 0 Å². The summed E-state index contributed by atoms with van der Waals surface area (Å²) in [7, 11) is 3.12. The first-order valence-electron chi connectivity index (χ1n) is 13.2. The van der Waals surface area contributed by atoms with Gasteiger partial charge in [0.15, 0.2) is 5.65 Å². The van der Waals surface area contributed by atoms with E-state index in [-0.39, 0.29) is 5.91 Å². The van der Waals surface area contributed by atoms with Gasteiger partial charge in [0.25, 0.3) is 5.91 Å². The third-order valence-electron chi connectivity index (χ3n) is 6.96. The topological polar surface area (TPSA) is 85.6 Å². The number of rotatable bonds is 8. The lowest BCUT2D eigenvalue weighted by atomic mass is 10.1. The number of aryl methyl sites for hydroxylation is 1. The fraction of sp³-hybridized carbons (Fsp3) is 0.379. The lowest BCUT2D eigenvalue weighted by Crippen LogP contribution is -2.49. The predicted octanol–water partition coefficient (Wildman–Crippen LogP) is 5.04. The molecule has 204 valence electrons. The number of halogens is 1. The van der Waals surface area contributed by atoms with Crippen LogP contribution in [0.3, 0.4) is 0 Å². The SMILES string of the molecule is COc1cccc(OC)c1C(=O)N1CCN(c2nc(CCC(C)C)nc3c2cnn3-c2cccc(Cl)c2)CC1. The molecule has 2 aromatic heterocycles. The van der Waals surface area contributed by atoms with Crippen LogP contribution in [0, 0.1) is 5.92 Å². The van der Waals surface area contributed by atoms with E-state index in [1.165, 1.54) is 0 Å². The Labute approximate surface area is 233 Å². The molecular weight excluding hydrogens is 516 g/mol. The number of hydrogen-bond acceptors (Lipinski definition) is 7. The molecule has 0 bridgehead atoms. The van der Waals surface area contributed by atoms with Crippen molar-refractivity contribution >= 4 is 34.4 Å². The molecule has 1 aliphatic heterocycles. The van der Waals surface area contributed by atoms with Gasteiger partial charge in [-0.2, -0.15) is 5.10 Å². The van der Waals surface area contributed by atoms with Gasteiger partial charge in [-0.05, 0) is 42.7 Å². The molecule has 10 heteroatoms. The van der Waals surface area contributed by atoms with Crippen LogP contribution in [-0.4, -0.2) is 71.0 Å². The Balaban J connectivity index is 1.45. The minimum atomic E-state index is -0.108. The monoisotopic (exact) mass is 548 g/mol. The maximum Gasteiger partial charge on any atom is 0.261 e. The Morgan fingerprint density at radius 2 is 1.69 bits per heavy atom. The number of hydrogen-bond donors (Lipinski definition) is 0. The molecule has 0 aliphatic carbocycles. The van der Waals surface area contributed by atoms with E-state index in [9.17, 15) is 4.79 Å². The molecule has 1 amide bonds. The van der Waals surface area contributed by atoms with Gasteiger partial charge in [-0.15, -0.1) is 0 Å². The maximum atomic E-state index is 13.5. The molecule has 2 aromatic carbocycles. The molecule has 0 N–H and O–H groups in total. The first-order chi connectivity index (χ1) is 18.9. The van der Waals surface area contributed by atoms with Crippen molar-refractivity contribution in [3.05, 3.63) is 65.1 Å². The molecule has 1 saturated heterocycles. The predicted molar refractivity (Wildman–Crippen MR) is 152 cm³/mol. The number of carbonyl (C=O) groups excluding carboxylic acids is 1. The zero-order valence-electron chi connectivity index (χ0n) is 22.7. The van der Waals surface area contributed by atoms with Crippen LogP contribution in [0.15, 0.2) is 48.7 Å². The van der Waals surface area contributed by atoms with E-state index in [0.29, 0.717) is 54.2 Å². The third-order valence-corrected chi connectivity index (χ3v) is 7.20. The van der Waals surface area contributed by atoms with Crippen LogP contribution < -0.4 is 14.4 Å². The Morgan fingerprint density at radius 1 is 1.00 bits per heavy atom. The quantitative estimate of drug-likeness (QED) is 0.305. The van der Waals surface area contributed by atoms with Crippen LogP contribution in [0.1, 0.15) is 36.5 Å². The molecule has 0 unspecified atom stereocenters. The number of methoxy groups -OCH3 is 2. The number of ether oxygens (including phenoxy) is 2. The molecule has 9 nitrogen and oxygen atoms in total. The van der Waals surface area contributed by atoms with E-state index in [0.717, 1.165) is 41.2 Å². The highest BCUT2D eigenvalue weighted by molar-refractivity contribution is 6.30. The largest absolute Gasteiger partial charge is 0.496 e. The number of anilines is 1. The van der Waals surface area contributed by atoms with Crippen LogP contribution in [0.2, 0.25) is 5.02 Å². The second-order valence-electron chi connectivity index (χ2n) is 9.99. The van der Waals surface area contributed by atoms with Gasteiger partial charge >= 0.3 is 0 Å². The summed E-state index contributed by atoms with van der Waals surface area (Å²) in [4.78, 5) is 27.5. The molecule has 0 radical (unpaired) electrons. The Kier molecular flexibility index (Phi) is 7.88. The molecule has 39 heavy (non-hydrogen) atoms. The van der Waals surface area contributed by atoms with Crippen molar-refractivity contribution in [3.8, 4) is 17.2 Å². The molecule has 0 spiro atoms. The summed E-state index contributed by atoms with van der Waals surface area (Å²) >= 11 is 6.27. The van der Waals surface area contributed by atoms with Gasteiger partial charge in [-0.3, -0.25) is 4.79 Å². The normalized spacial score (nSPS) is 13.8. The first kappa shape index (κ1) is 26.7. The van der Waals surface area contributed by atoms with E-state index in [1.807, 2.05) is 46.1 Å². The van der Waals surface area contributed by atoms with Crippen molar-refractivity contribution in [2.75, 3.05) is 45.3 Å². The van der Waals surface area contributed by atoms with Crippen LogP contribution in [0.25, 0.3) is 16.7 Å². The molecule has 0 saturated carbocycles. The third kappa shape index (κ3) is 5.49. The van der Waals surface area contributed by atoms with Gasteiger partial charge in [0, 0.05) is 37.6 Å². The van der Waals surface area contributed by atoms with E-state index in [1.54, 1.807) is 26.4 Å². The van der Waals surface area contributed by atoms with Crippen molar-refractivity contribution in [1.82, 2.24) is 24.6 Å². The number of aromatic nitrogens is 4. The molecule has 1 aliphatic rings. The van der Waals surface area contributed by atoms with Crippen molar-refractivity contribution in [2.24, 2.45) is 5.92 Å². The molecule has 1 fully saturated rings. The molecule has 3 heterocycles. The average Bonchev–Trinajstić information content (AvgIpc) is 3.39. The first-order valence-corrected chi connectivity index (χ1v) is 13.5. The number of fused-ring (bicyclic) bond motifs is 1. The van der Waals surface area contributed by atoms with Crippen molar-refractivity contribution in [2.45, 2.75) is 26.7 Å². The average molecular weight is 549 g/mol. The van der Waals surface area contributed by atoms with Crippen LogP contribution in [0.5, 0.6) is 11.5 Å². The van der Waals surface area contributed by atoms with Gasteiger partial charge in [-0.25, -0.2) is 14.6 Å². The number of nitrogens with zero attached hydrogens (tertiary/aromatic N) is 6. The van der Waals surface area contributed by atoms with Crippen LogP contribution in [-0.2, 0) is 6.42 Å². The Morgan fingerprint density at radius 3 is 2.33 bits per heavy atom. The standard InChI is InChI=1S/C29H33ClN6O3/c1-19(2)11-12-25-32-27(22-18-31-36(28(22)33-25)21-8-5-7-20(30)17-21)34-13-15-35(16-14-34)29(37)26-23(38-3)9-6-10-24(26)39-4/h5-10,17-19H,11-16H2,1-4H3. The zero-order chi connectivity index (χ0) is 27.5. The van der Waals surface area contributed by atoms with Crippen molar-refractivity contribution in [1.29, 1.82) is 0 Å². The van der Waals surface area contributed by atoms with Gasteiger partial charge in [-0.1, -0.05) is 37.6 Å². The van der Waals surface area contributed by atoms with E-state index < -0.39 is 0 Å². The lowest BCUT2D eigenvalue weighted by molar-refractivity contribution is 0.0739. The molecule has 5 rings (SSSR count).